The van der Waals surface area contributed by atoms with Crippen LogP contribution in [0.2, 0.25) is 0 Å². The number of fused-ring (bicyclic) bond motifs is 1. The van der Waals surface area contributed by atoms with Gasteiger partial charge in [0.25, 0.3) is 5.56 Å². The van der Waals surface area contributed by atoms with Crippen molar-refractivity contribution in [3.05, 3.63) is 35.0 Å². The molecule has 6 heteroatoms. The fourth-order valence-corrected chi connectivity index (χ4v) is 2.01. The molecular weight excluding hydrogens is 232 g/mol. The Bertz CT molecular complexity index is 554. The SMILES string of the molecule is CCNC(COC)Cn1ccn2nccc2c1=O. The summed E-state index contributed by atoms with van der Waals surface area (Å²) in [7, 11) is 1.66. The Labute approximate surface area is 105 Å². The summed E-state index contributed by atoms with van der Waals surface area (Å²) in [5.74, 6) is 0. The third-order valence-electron chi connectivity index (χ3n) is 2.82. The maximum atomic E-state index is 12.2. The molecule has 0 amide bonds. The van der Waals surface area contributed by atoms with Crippen molar-refractivity contribution in [2.45, 2.75) is 19.5 Å². The van der Waals surface area contributed by atoms with E-state index in [9.17, 15) is 4.79 Å². The van der Waals surface area contributed by atoms with Gasteiger partial charge in [0, 0.05) is 32.1 Å². The summed E-state index contributed by atoms with van der Waals surface area (Å²) in [6, 6.07) is 1.85. The van der Waals surface area contributed by atoms with Crippen LogP contribution in [0.1, 0.15) is 6.92 Å². The highest BCUT2D eigenvalue weighted by molar-refractivity contribution is 5.42. The average molecular weight is 250 g/mol. The Kier molecular flexibility index (Phi) is 4.11. The lowest BCUT2D eigenvalue weighted by Crippen LogP contribution is -2.39. The van der Waals surface area contributed by atoms with Crippen LogP contribution in [0.5, 0.6) is 0 Å². The van der Waals surface area contributed by atoms with Gasteiger partial charge >= 0.3 is 0 Å². The molecule has 0 aromatic carbocycles. The molecule has 98 valence electrons. The molecule has 2 aromatic heterocycles. The van der Waals surface area contributed by atoms with Crippen molar-refractivity contribution in [2.75, 3.05) is 20.3 Å². The van der Waals surface area contributed by atoms with Crippen molar-refractivity contribution < 1.29 is 4.74 Å². The first kappa shape index (κ1) is 12.8. The molecule has 1 N–H and O–H groups in total. The predicted molar refractivity (Wildman–Crippen MR) is 68.8 cm³/mol. The molecule has 2 rings (SSSR count). The molecule has 2 heterocycles. The van der Waals surface area contributed by atoms with Gasteiger partial charge in [-0.05, 0) is 12.6 Å². The zero-order valence-corrected chi connectivity index (χ0v) is 10.7. The number of methoxy groups -OCH3 is 1. The molecule has 0 fully saturated rings. The third-order valence-corrected chi connectivity index (χ3v) is 2.82. The summed E-state index contributed by atoms with van der Waals surface area (Å²) in [4.78, 5) is 12.2. The standard InChI is InChI=1S/C12H18N4O2/c1-3-13-10(9-18-2)8-15-6-7-16-11(12(15)17)4-5-14-16/h4-7,10,13H,3,8-9H2,1-2H3. The molecule has 0 aliphatic heterocycles. The van der Waals surface area contributed by atoms with E-state index in [1.807, 2.05) is 6.92 Å². The molecule has 1 atom stereocenters. The molecule has 0 bridgehead atoms. The van der Waals surface area contributed by atoms with Gasteiger partial charge in [-0.3, -0.25) is 4.79 Å². The van der Waals surface area contributed by atoms with Gasteiger partial charge in [-0.2, -0.15) is 5.10 Å². The molecule has 1 unspecified atom stereocenters. The Morgan fingerprint density at radius 2 is 2.33 bits per heavy atom. The van der Waals surface area contributed by atoms with Gasteiger partial charge in [-0.25, -0.2) is 4.52 Å². The summed E-state index contributed by atoms with van der Waals surface area (Å²) < 4.78 is 8.41. The van der Waals surface area contributed by atoms with Crippen LogP contribution < -0.4 is 10.9 Å². The fourth-order valence-electron chi connectivity index (χ4n) is 2.01. The summed E-state index contributed by atoms with van der Waals surface area (Å²) >= 11 is 0. The largest absolute Gasteiger partial charge is 0.383 e. The summed E-state index contributed by atoms with van der Waals surface area (Å²) in [5.41, 5.74) is 0.555. The molecule has 6 nitrogen and oxygen atoms in total. The number of nitrogens with one attached hydrogen (secondary N) is 1. The molecule has 0 saturated carbocycles. The number of hydrogen-bond donors (Lipinski definition) is 1. The number of aromatic nitrogens is 3. The molecule has 0 aliphatic carbocycles. The highest BCUT2D eigenvalue weighted by Crippen LogP contribution is 1.96. The van der Waals surface area contributed by atoms with Crippen LogP contribution in [0.25, 0.3) is 5.52 Å². The normalized spacial score (nSPS) is 13.0. The van der Waals surface area contributed by atoms with E-state index in [0.717, 1.165) is 6.54 Å². The highest BCUT2D eigenvalue weighted by atomic mass is 16.5. The lowest BCUT2D eigenvalue weighted by Gasteiger charge is -2.18. The minimum Gasteiger partial charge on any atom is -0.383 e. The first-order chi connectivity index (χ1) is 8.76. The van der Waals surface area contributed by atoms with Gasteiger partial charge in [-0.1, -0.05) is 6.92 Å². The van der Waals surface area contributed by atoms with E-state index >= 15 is 0 Å². The molecule has 0 aliphatic rings. The van der Waals surface area contributed by atoms with Crippen molar-refractivity contribution in [1.29, 1.82) is 0 Å². The number of ether oxygens (including phenoxy) is 1. The van der Waals surface area contributed by atoms with E-state index in [0.29, 0.717) is 18.7 Å². The smallest absolute Gasteiger partial charge is 0.276 e. The van der Waals surface area contributed by atoms with E-state index < -0.39 is 0 Å². The zero-order valence-electron chi connectivity index (χ0n) is 10.7. The first-order valence-corrected chi connectivity index (χ1v) is 6.01. The Balaban J connectivity index is 2.24. The second kappa shape index (κ2) is 5.79. The lowest BCUT2D eigenvalue weighted by atomic mass is 10.3. The van der Waals surface area contributed by atoms with Crippen LogP contribution in [-0.2, 0) is 11.3 Å². The molecule has 18 heavy (non-hydrogen) atoms. The van der Waals surface area contributed by atoms with Gasteiger partial charge in [0.05, 0.1) is 12.8 Å². The number of rotatable bonds is 6. The fraction of sp³-hybridized carbons (Fsp3) is 0.500. The van der Waals surface area contributed by atoms with Crippen LogP contribution >= 0.6 is 0 Å². The summed E-state index contributed by atoms with van der Waals surface area (Å²) in [6.07, 6.45) is 5.16. The Hall–Kier alpha value is -1.66. The Morgan fingerprint density at radius 1 is 1.50 bits per heavy atom. The van der Waals surface area contributed by atoms with Crippen LogP contribution in [0.4, 0.5) is 0 Å². The van der Waals surface area contributed by atoms with Crippen molar-refractivity contribution in [1.82, 2.24) is 19.5 Å². The molecule has 0 saturated heterocycles. The molecule has 0 radical (unpaired) electrons. The molecular formula is C12H18N4O2. The molecule has 2 aromatic rings. The van der Waals surface area contributed by atoms with Gasteiger partial charge in [0.15, 0.2) is 0 Å². The van der Waals surface area contributed by atoms with Crippen molar-refractivity contribution in [3.8, 4) is 0 Å². The number of hydrogen-bond acceptors (Lipinski definition) is 4. The minimum atomic E-state index is -0.0333. The van der Waals surface area contributed by atoms with Gasteiger partial charge in [-0.15, -0.1) is 0 Å². The predicted octanol–water partition coefficient (Wildman–Crippen LogP) is 0.120. The maximum absolute atomic E-state index is 12.2. The zero-order chi connectivity index (χ0) is 13.0. The quantitative estimate of drug-likeness (QED) is 0.791. The topological polar surface area (TPSA) is 60.6 Å². The maximum Gasteiger partial charge on any atom is 0.276 e. The molecule has 0 spiro atoms. The van der Waals surface area contributed by atoms with Gasteiger partial charge < -0.3 is 14.6 Å². The van der Waals surface area contributed by atoms with Crippen molar-refractivity contribution >= 4 is 5.52 Å². The van der Waals surface area contributed by atoms with Crippen LogP contribution in [-0.4, -0.2) is 40.5 Å². The van der Waals surface area contributed by atoms with Gasteiger partial charge in [0.1, 0.15) is 5.52 Å². The highest BCUT2D eigenvalue weighted by Gasteiger charge is 2.10. The van der Waals surface area contributed by atoms with Crippen LogP contribution in [0.15, 0.2) is 29.5 Å². The Morgan fingerprint density at radius 3 is 3.06 bits per heavy atom. The number of nitrogens with zero attached hydrogens (tertiary/aromatic N) is 3. The average Bonchev–Trinajstić information content (AvgIpc) is 2.82. The van der Waals surface area contributed by atoms with E-state index in [1.54, 1.807) is 40.8 Å². The number of likely N-dealkylation sites (N-methyl/N-ethyl adjacent to an activating group) is 1. The van der Waals surface area contributed by atoms with Crippen molar-refractivity contribution in [3.63, 3.8) is 0 Å². The van der Waals surface area contributed by atoms with Gasteiger partial charge in [0.2, 0.25) is 0 Å². The second-order valence-corrected chi connectivity index (χ2v) is 4.13. The minimum absolute atomic E-state index is 0.0333. The third kappa shape index (κ3) is 2.60. The van der Waals surface area contributed by atoms with Crippen LogP contribution in [0.3, 0.4) is 0 Å². The summed E-state index contributed by atoms with van der Waals surface area (Å²) in [6.45, 7) is 4.04. The van der Waals surface area contributed by atoms with Crippen molar-refractivity contribution in [2.24, 2.45) is 0 Å². The van der Waals surface area contributed by atoms with E-state index in [-0.39, 0.29) is 11.6 Å². The second-order valence-electron chi connectivity index (χ2n) is 4.13. The lowest BCUT2D eigenvalue weighted by molar-refractivity contribution is 0.159. The summed E-state index contributed by atoms with van der Waals surface area (Å²) in [5, 5.41) is 7.33. The first-order valence-electron chi connectivity index (χ1n) is 6.01. The van der Waals surface area contributed by atoms with Crippen LogP contribution in [0, 0.1) is 0 Å². The van der Waals surface area contributed by atoms with E-state index in [2.05, 4.69) is 10.4 Å². The van der Waals surface area contributed by atoms with E-state index in [1.165, 1.54) is 0 Å². The monoisotopic (exact) mass is 250 g/mol. The van der Waals surface area contributed by atoms with E-state index in [4.69, 9.17) is 4.74 Å².